The average Bonchev–Trinajstić information content (AvgIpc) is 2.35. The molecule has 1 unspecified atom stereocenters. The molecule has 1 rings (SSSR count). The van der Waals surface area contributed by atoms with Crippen molar-refractivity contribution in [2.75, 3.05) is 0 Å². The standard InChI is InChI=1S/C14H18O3/c1-14(17,10-6-3-7-11-15)13(16)12-8-4-2-5-9-12/h2,4-5,8-9,11,17H,3,6-7,10H2,1H3. The van der Waals surface area contributed by atoms with Crippen LogP contribution in [-0.2, 0) is 4.79 Å². The molecule has 3 heteroatoms. The van der Waals surface area contributed by atoms with Gasteiger partial charge in [0.2, 0.25) is 0 Å². The summed E-state index contributed by atoms with van der Waals surface area (Å²) in [4.78, 5) is 22.2. The van der Waals surface area contributed by atoms with Crippen LogP contribution in [0, 0.1) is 0 Å². The number of unbranched alkanes of at least 4 members (excludes halogenated alkanes) is 2. The minimum Gasteiger partial charge on any atom is -0.382 e. The van der Waals surface area contributed by atoms with Crippen molar-refractivity contribution in [3.8, 4) is 0 Å². The minimum atomic E-state index is -1.34. The van der Waals surface area contributed by atoms with Gasteiger partial charge in [-0.15, -0.1) is 0 Å². The number of aliphatic hydroxyl groups is 1. The van der Waals surface area contributed by atoms with Gasteiger partial charge in [0.1, 0.15) is 11.9 Å². The van der Waals surface area contributed by atoms with Gasteiger partial charge in [-0.1, -0.05) is 30.3 Å². The second kappa shape index (κ2) is 6.30. The van der Waals surface area contributed by atoms with Crippen molar-refractivity contribution in [2.24, 2.45) is 0 Å². The van der Waals surface area contributed by atoms with E-state index in [1.165, 1.54) is 6.92 Å². The molecule has 0 aliphatic rings. The fourth-order valence-corrected chi connectivity index (χ4v) is 1.71. The lowest BCUT2D eigenvalue weighted by Gasteiger charge is -2.21. The Morgan fingerprint density at radius 3 is 2.53 bits per heavy atom. The van der Waals surface area contributed by atoms with Gasteiger partial charge in [-0.3, -0.25) is 4.79 Å². The van der Waals surface area contributed by atoms with Crippen molar-refractivity contribution >= 4 is 12.1 Å². The van der Waals surface area contributed by atoms with Crippen LogP contribution < -0.4 is 0 Å². The highest BCUT2D eigenvalue weighted by Crippen LogP contribution is 2.20. The van der Waals surface area contributed by atoms with Crippen LogP contribution >= 0.6 is 0 Å². The predicted molar refractivity (Wildman–Crippen MR) is 65.9 cm³/mol. The van der Waals surface area contributed by atoms with Crippen LogP contribution in [0.5, 0.6) is 0 Å². The molecular weight excluding hydrogens is 216 g/mol. The molecule has 0 bridgehead atoms. The lowest BCUT2D eigenvalue weighted by Crippen LogP contribution is -2.35. The Morgan fingerprint density at radius 2 is 1.94 bits per heavy atom. The van der Waals surface area contributed by atoms with Crippen LogP contribution in [0.4, 0.5) is 0 Å². The molecule has 0 aliphatic carbocycles. The molecule has 0 spiro atoms. The summed E-state index contributed by atoms with van der Waals surface area (Å²) in [7, 11) is 0. The van der Waals surface area contributed by atoms with E-state index in [0.29, 0.717) is 31.2 Å². The first-order valence-electron chi connectivity index (χ1n) is 5.84. The van der Waals surface area contributed by atoms with Crippen molar-refractivity contribution in [3.63, 3.8) is 0 Å². The molecule has 0 saturated carbocycles. The molecule has 0 amide bonds. The van der Waals surface area contributed by atoms with Gasteiger partial charge in [0.25, 0.3) is 0 Å². The maximum atomic E-state index is 12.0. The van der Waals surface area contributed by atoms with Crippen molar-refractivity contribution in [2.45, 2.75) is 38.2 Å². The maximum absolute atomic E-state index is 12.0. The minimum absolute atomic E-state index is 0.260. The Morgan fingerprint density at radius 1 is 1.29 bits per heavy atom. The van der Waals surface area contributed by atoms with Crippen molar-refractivity contribution in [1.82, 2.24) is 0 Å². The first kappa shape index (κ1) is 13.6. The van der Waals surface area contributed by atoms with E-state index in [4.69, 9.17) is 0 Å². The average molecular weight is 234 g/mol. The molecule has 0 saturated heterocycles. The van der Waals surface area contributed by atoms with E-state index in [2.05, 4.69) is 0 Å². The normalized spacial score (nSPS) is 14.0. The van der Waals surface area contributed by atoms with E-state index >= 15 is 0 Å². The molecule has 1 aromatic carbocycles. The summed E-state index contributed by atoms with van der Waals surface area (Å²) in [6.07, 6.45) is 3.10. The number of hydrogen-bond acceptors (Lipinski definition) is 3. The monoisotopic (exact) mass is 234 g/mol. The number of ketones is 1. The molecule has 0 fully saturated rings. The summed E-state index contributed by atoms with van der Waals surface area (Å²) in [5, 5.41) is 10.1. The van der Waals surface area contributed by atoms with Gasteiger partial charge in [-0.25, -0.2) is 0 Å². The number of aldehydes is 1. The zero-order valence-corrected chi connectivity index (χ0v) is 10.1. The third-order valence-electron chi connectivity index (χ3n) is 2.76. The molecule has 1 aromatic rings. The number of benzene rings is 1. The van der Waals surface area contributed by atoms with Crippen LogP contribution in [0.15, 0.2) is 30.3 Å². The topological polar surface area (TPSA) is 54.4 Å². The summed E-state index contributed by atoms with van der Waals surface area (Å²) in [5.41, 5.74) is -0.822. The second-order valence-electron chi connectivity index (χ2n) is 4.38. The summed E-state index contributed by atoms with van der Waals surface area (Å²) in [6.45, 7) is 1.53. The maximum Gasteiger partial charge on any atom is 0.194 e. The Labute approximate surface area is 101 Å². The third-order valence-corrected chi connectivity index (χ3v) is 2.76. The lowest BCUT2D eigenvalue weighted by atomic mass is 9.89. The molecule has 0 aromatic heterocycles. The summed E-state index contributed by atoms with van der Waals surface area (Å²) in [5.74, 6) is -0.260. The molecule has 92 valence electrons. The number of carbonyl (C=O) groups excluding carboxylic acids is 2. The van der Waals surface area contributed by atoms with Gasteiger partial charge in [-0.2, -0.15) is 0 Å². The van der Waals surface area contributed by atoms with Gasteiger partial charge in [0.15, 0.2) is 5.78 Å². The van der Waals surface area contributed by atoms with Gasteiger partial charge in [0, 0.05) is 12.0 Å². The summed E-state index contributed by atoms with van der Waals surface area (Å²) < 4.78 is 0. The first-order chi connectivity index (χ1) is 8.08. The Balaban J connectivity index is 2.57. The molecular formula is C14H18O3. The quantitative estimate of drug-likeness (QED) is 0.447. The number of carbonyl (C=O) groups is 2. The van der Waals surface area contributed by atoms with E-state index in [1.54, 1.807) is 24.3 Å². The third kappa shape index (κ3) is 4.11. The molecule has 0 aliphatic heterocycles. The fourth-order valence-electron chi connectivity index (χ4n) is 1.71. The highest BCUT2D eigenvalue weighted by atomic mass is 16.3. The van der Waals surface area contributed by atoms with Crippen molar-refractivity contribution in [3.05, 3.63) is 35.9 Å². The molecule has 1 atom stereocenters. The Kier molecular flexibility index (Phi) is 5.04. The van der Waals surface area contributed by atoms with Crippen molar-refractivity contribution in [1.29, 1.82) is 0 Å². The summed E-state index contributed by atoms with van der Waals surface area (Å²) in [6, 6.07) is 8.77. The molecule has 0 heterocycles. The van der Waals surface area contributed by atoms with Crippen LogP contribution in [0.2, 0.25) is 0 Å². The first-order valence-corrected chi connectivity index (χ1v) is 5.84. The largest absolute Gasteiger partial charge is 0.382 e. The fraction of sp³-hybridized carbons (Fsp3) is 0.429. The van der Waals surface area contributed by atoms with E-state index < -0.39 is 5.60 Å². The number of rotatable bonds is 7. The van der Waals surface area contributed by atoms with Gasteiger partial charge < -0.3 is 9.90 Å². The smallest absolute Gasteiger partial charge is 0.194 e. The lowest BCUT2D eigenvalue weighted by molar-refractivity contribution is -0.108. The molecule has 3 nitrogen and oxygen atoms in total. The zero-order valence-electron chi connectivity index (χ0n) is 10.1. The Hall–Kier alpha value is -1.48. The highest BCUT2D eigenvalue weighted by Gasteiger charge is 2.30. The van der Waals surface area contributed by atoms with Crippen molar-refractivity contribution < 1.29 is 14.7 Å². The second-order valence-corrected chi connectivity index (χ2v) is 4.38. The molecule has 0 radical (unpaired) electrons. The van der Waals surface area contributed by atoms with E-state index in [0.717, 1.165) is 6.29 Å². The highest BCUT2D eigenvalue weighted by molar-refractivity contribution is 6.01. The summed E-state index contributed by atoms with van der Waals surface area (Å²) >= 11 is 0. The van der Waals surface area contributed by atoms with Gasteiger partial charge >= 0.3 is 0 Å². The molecule has 1 N–H and O–H groups in total. The Bertz CT molecular complexity index is 368. The number of hydrogen-bond donors (Lipinski definition) is 1. The van der Waals surface area contributed by atoms with E-state index in [1.807, 2.05) is 6.07 Å². The zero-order chi connectivity index (χ0) is 12.7. The van der Waals surface area contributed by atoms with Gasteiger partial charge in [-0.05, 0) is 26.2 Å². The molecule has 17 heavy (non-hydrogen) atoms. The predicted octanol–water partition coefficient (Wildman–Crippen LogP) is 2.38. The number of Topliss-reactive ketones (excluding diaryl/α,β-unsaturated/α-hetero) is 1. The van der Waals surface area contributed by atoms with E-state index in [9.17, 15) is 14.7 Å². The van der Waals surface area contributed by atoms with Crippen LogP contribution in [0.25, 0.3) is 0 Å². The SMILES string of the molecule is CC(O)(CCCCC=O)C(=O)c1ccccc1. The van der Waals surface area contributed by atoms with Gasteiger partial charge in [0.05, 0.1) is 0 Å². The van der Waals surface area contributed by atoms with Crippen LogP contribution in [0.3, 0.4) is 0 Å². The van der Waals surface area contributed by atoms with Crippen LogP contribution in [-0.4, -0.2) is 22.8 Å². The van der Waals surface area contributed by atoms with Crippen LogP contribution in [0.1, 0.15) is 43.0 Å². The van der Waals surface area contributed by atoms with E-state index in [-0.39, 0.29) is 5.78 Å².